The van der Waals surface area contributed by atoms with Gasteiger partial charge in [-0.1, -0.05) is 5.16 Å². The number of hydrogen-bond acceptors (Lipinski definition) is 4. The SMILES string of the molecule is CC1C(=O)NCC(=O)N1Cc1ccon1. The van der Waals surface area contributed by atoms with Crippen LogP contribution in [0.4, 0.5) is 0 Å². The monoisotopic (exact) mass is 209 g/mol. The van der Waals surface area contributed by atoms with E-state index >= 15 is 0 Å². The Morgan fingerprint density at radius 3 is 3.13 bits per heavy atom. The second-order valence-corrected chi connectivity index (χ2v) is 3.41. The fraction of sp³-hybridized carbons (Fsp3) is 0.444. The number of aromatic nitrogens is 1. The van der Waals surface area contributed by atoms with Gasteiger partial charge in [0.2, 0.25) is 11.8 Å². The Bertz CT molecular complexity index is 374. The predicted molar refractivity (Wildman–Crippen MR) is 49.5 cm³/mol. The number of nitrogens with one attached hydrogen (secondary N) is 1. The van der Waals surface area contributed by atoms with Gasteiger partial charge in [-0.25, -0.2) is 0 Å². The third-order valence-corrected chi connectivity index (χ3v) is 2.40. The molecule has 1 aromatic rings. The van der Waals surface area contributed by atoms with E-state index in [2.05, 4.69) is 15.0 Å². The van der Waals surface area contributed by atoms with Gasteiger partial charge in [-0.2, -0.15) is 0 Å². The van der Waals surface area contributed by atoms with E-state index in [1.165, 1.54) is 11.2 Å². The minimum Gasteiger partial charge on any atom is -0.364 e. The fourth-order valence-electron chi connectivity index (χ4n) is 1.49. The van der Waals surface area contributed by atoms with Crippen molar-refractivity contribution in [1.82, 2.24) is 15.4 Å². The van der Waals surface area contributed by atoms with Crippen molar-refractivity contribution >= 4 is 11.8 Å². The van der Waals surface area contributed by atoms with Crippen molar-refractivity contribution in [2.75, 3.05) is 6.54 Å². The molecule has 1 fully saturated rings. The Kier molecular flexibility index (Phi) is 2.40. The molecule has 0 aromatic carbocycles. The smallest absolute Gasteiger partial charge is 0.242 e. The lowest BCUT2D eigenvalue weighted by Gasteiger charge is -2.31. The Morgan fingerprint density at radius 1 is 1.67 bits per heavy atom. The summed E-state index contributed by atoms with van der Waals surface area (Å²) < 4.78 is 4.66. The lowest BCUT2D eigenvalue weighted by Crippen LogP contribution is -2.56. The summed E-state index contributed by atoms with van der Waals surface area (Å²) in [7, 11) is 0. The van der Waals surface area contributed by atoms with E-state index in [9.17, 15) is 9.59 Å². The molecule has 0 aliphatic carbocycles. The molecule has 6 heteroatoms. The zero-order chi connectivity index (χ0) is 10.8. The summed E-state index contributed by atoms with van der Waals surface area (Å²) in [6.45, 7) is 2.05. The van der Waals surface area contributed by atoms with E-state index in [-0.39, 0.29) is 18.4 Å². The van der Waals surface area contributed by atoms with Crippen molar-refractivity contribution < 1.29 is 14.1 Å². The maximum Gasteiger partial charge on any atom is 0.242 e. The molecule has 1 aliphatic heterocycles. The van der Waals surface area contributed by atoms with Crippen molar-refractivity contribution in [1.29, 1.82) is 0 Å². The van der Waals surface area contributed by atoms with E-state index in [1.807, 2.05) is 0 Å². The molecule has 15 heavy (non-hydrogen) atoms. The number of carbonyl (C=O) groups is 2. The minimum atomic E-state index is -0.456. The summed E-state index contributed by atoms with van der Waals surface area (Å²) in [6.07, 6.45) is 1.44. The number of hydrogen-bond donors (Lipinski definition) is 1. The molecule has 2 rings (SSSR count). The molecule has 1 aliphatic rings. The van der Waals surface area contributed by atoms with E-state index < -0.39 is 6.04 Å². The topological polar surface area (TPSA) is 75.4 Å². The molecule has 0 spiro atoms. The standard InChI is InChI=1S/C9H11N3O3/c1-6-9(14)10-4-8(13)12(6)5-7-2-3-15-11-7/h2-3,6H,4-5H2,1H3,(H,10,14). The van der Waals surface area contributed by atoms with Crippen LogP contribution >= 0.6 is 0 Å². The highest BCUT2D eigenvalue weighted by Gasteiger charge is 2.31. The van der Waals surface area contributed by atoms with E-state index in [1.54, 1.807) is 13.0 Å². The molecule has 80 valence electrons. The summed E-state index contributed by atoms with van der Waals surface area (Å²) in [6, 6.07) is 1.22. The van der Waals surface area contributed by atoms with Gasteiger partial charge in [-0.3, -0.25) is 9.59 Å². The van der Waals surface area contributed by atoms with E-state index in [0.717, 1.165) is 0 Å². The molecule has 1 aromatic heterocycles. The van der Waals surface area contributed by atoms with Crippen molar-refractivity contribution in [2.45, 2.75) is 19.5 Å². The molecule has 6 nitrogen and oxygen atoms in total. The first-order chi connectivity index (χ1) is 7.18. The van der Waals surface area contributed by atoms with Gasteiger partial charge in [0.25, 0.3) is 0 Å². The zero-order valence-corrected chi connectivity index (χ0v) is 8.27. The molecule has 1 unspecified atom stereocenters. The highest BCUT2D eigenvalue weighted by Crippen LogP contribution is 2.10. The molecule has 1 saturated heterocycles. The maximum absolute atomic E-state index is 11.5. The highest BCUT2D eigenvalue weighted by atomic mass is 16.5. The Labute approximate surface area is 86.2 Å². The van der Waals surface area contributed by atoms with E-state index in [4.69, 9.17) is 0 Å². The molecule has 0 saturated carbocycles. The van der Waals surface area contributed by atoms with Crippen LogP contribution in [0, 0.1) is 0 Å². The molecular formula is C9H11N3O3. The first-order valence-corrected chi connectivity index (χ1v) is 4.65. The molecule has 2 amide bonds. The molecule has 0 radical (unpaired) electrons. The summed E-state index contributed by atoms with van der Waals surface area (Å²) in [5, 5.41) is 6.22. The summed E-state index contributed by atoms with van der Waals surface area (Å²) >= 11 is 0. The Morgan fingerprint density at radius 2 is 2.47 bits per heavy atom. The van der Waals surface area contributed by atoms with E-state index in [0.29, 0.717) is 12.2 Å². The molecule has 0 bridgehead atoms. The second kappa shape index (κ2) is 3.72. The molecule has 1 N–H and O–H groups in total. The highest BCUT2D eigenvalue weighted by molar-refractivity contribution is 5.94. The van der Waals surface area contributed by atoms with Crippen LogP contribution in [-0.2, 0) is 16.1 Å². The van der Waals surface area contributed by atoms with Crippen LogP contribution in [0.15, 0.2) is 16.9 Å². The maximum atomic E-state index is 11.5. The lowest BCUT2D eigenvalue weighted by molar-refractivity contribution is -0.145. The number of rotatable bonds is 2. The normalized spacial score (nSPS) is 21.7. The molecule has 2 heterocycles. The zero-order valence-electron chi connectivity index (χ0n) is 8.27. The number of piperazine rings is 1. The molecular weight excluding hydrogens is 198 g/mol. The fourth-order valence-corrected chi connectivity index (χ4v) is 1.49. The van der Waals surface area contributed by atoms with Crippen LogP contribution in [0.2, 0.25) is 0 Å². The lowest BCUT2D eigenvalue weighted by atomic mass is 10.2. The van der Waals surface area contributed by atoms with Gasteiger partial charge in [0.15, 0.2) is 0 Å². The van der Waals surface area contributed by atoms with Gasteiger partial charge < -0.3 is 14.7 Å². The molecule has 1 atom stereocenters. The Balaban J connectivity index is 2.12. The average Bonchev–Trinajstić information content (AvgIpc) is 2.71. The van der Waals surface area contributed by atoms with Crippen molar-refractivity contribution in [2.24, 2.45) is 0 Å². The van der Waals surface area contributed by atoms with Crippen LogP contribution < -0.4 is 5.32 Å². The van der Waals surface area contributed by atoms with Gasteiger partial charge >= 0.3 is 0 Å². The van der Waals surface area contributed by atoms with Gasteiger partial charge in [-0.05, 0) is 6.92 Å². The van der Waals surface area contributed by atoms with Crippen molar-refractivity contribution in [3.8, 4) is 0 Å². The second-order valence-electron chi connectivity index (χ2n) is 3.41. The number of nitrogens with zero attached hydrogens (tertiary/aromatic N) is 2. The summed E-state index contributed by atoms with van der Waals surface area (Å²) in [5.74, 6) is -0.247. The van der Waals surface area contributed by atoms with Crippen LogP contribution in [-0.4, -0.2) is 34.5 Å². The van der Waals surface area contributed by atoms with Crippen LogP contribution in [0.1, 0.15) is 12.6 Å². The first-order valence-electron chi connectivity index (χ1n) is 4.65. The van der Waals surface area contributed by atoms with Crippen LogP contribution in [0.3, 0.4) is 0 Å². The quantitative estimate of drug-likeness (QED) is 0.714. The Hall–Kier alpha value is -1.85. The van der Waals surface area contributed by atoms with Gasteiger partial charge in [0.1, 0.15) is 18.0 Å². The van der Waals surface area contributed by atoms with Gasteiger partial charge in [-0.15, -0.1) is 0 Å². The largest absolute Gasteiger partial charge is 0.364 e. The van der Waals surface area contributed by atoms with Crippen LogP contribution in [0.25, 0.3) is 0 Å². The predicted octanol–water partition coefficient (Wildman–Crippen LogP) is -0.479. The first kappa shape index (κ1) is 9.70. The van der Waals surface area contributed by atoms with Crippen LogP contribution in [0.5, 0.6) is 0 Å². The average molecular weight is 209 g/mol. The minimum absolute atomic E-state index is 0.0566. The van der Waals surface area contributed by atoms with Gasteiger partial charge in [0.05, 0.1) is 13.1 Å². The summed E-state index contributed by atoms with van der Waals surface area (Å²) in [4.78, 5) is 24.3. The number of amides is 2. The van der Waals surface area contributed by atoms with Crippen molar-refractivity contribution in [3.63, 3.8) is 0 Å². The number of carbonyl (C=O) groups excluding carboxylic acids is 2. The summed E-state index contributed by atoms with van der Waals surface area (Å²) in [5.41, 5.74) is 0.643. The van der Waals surface area contributed by atoms with Crippen molar-refractivity contribution in [3.05, 3.63) is 18.0 Å². The third kappa shape index (κ3) is 1.83. The third-order valence-electron chi connectivity index (χ3n) is 2.40. The van der Waals surface area contributed by atoms with Gasteiger partial charge in [0, 0.05) is 6.07 Å².